The molecule has 1 aliphatic rings. The number of H-pyrrole nitrogens is 1. The molecule has 3 rings (SSSR count). The van der Waals surface area contributed by atoms with E-state index in [0.717, 1.165) is 44.0 Å². The summed E-state index contributed by atoms with van der Waals surface area (Å²) in [6.45, 7) is 4.31. The molecule has 0 spiro atoms. The largest absolute Gasteiger partial charge is 0.348 e. The van der Waals surface area contributed by atoms with Crippen LogP contribution in [0.3, 0.4) is 0 Å². The average molecular weight is 341 g/mol. The van der Waals surface area contributed by atoms with E-state index in [9.17, 15) is 4.79 Å². The fourth-order valence-corrected chi connectivity index (χ4v) is 3.43. The van der Waals surface area contributed by atoms with Crippen molar-refractivity contribution in [3.8, 4) is 11.3 Å². The Labute approximate surface area is 149 Å². The number of aromatic amines is 1. The number of nitrogens with zero attached hydrogens (tertiary/aromatic N) is 4. The molecule has 2 aromatic rings. The number of rotatable bonds is 4. The van der Waals surface area contributed by atoms with Gasteiger partial charge in [0.25, 0.3) is 0 Å². The number of carbonyl (C=O) groups excluding carboxylic acids is 1. The molecular formula is C19H27N5O. The Kier molecular flexibility index (Phi) is 5.50. The summed E-state index contributed by atoms with van der Waals surface area (Å²) in [4.78, 5) is 18.8. The minimum atomic E-state index is 0.00887. The monoisotopic (exact) mass is 341 g/mol. The lowest BCUT2D eigenvalue weighted by Gasteiger charge is -2.25. The van der Waals surface area contributed by atoms with E-state index in [4.69, 9.17) is 0 Å². The summed E-state index contributed by atoms with van der Waals surface area (Å²) >= 11 is 0. The van der Waals surface area contributed by atoms with Crippen LogP contribution in [-0.4, -0.2) is 78.1 Å². The first kappa shape index (κ1) is 17.6. The van der Waals surface area contributed by atoms with E-state index < -0.39 is 0 Å². The van der Waals surface area contributed by atoms with E-state index in [0.29, 0.717) is 0 Å². The van der Waals surface area contributed by atoms with Gasteiger partial charge in [-0.1, -0.05) is 30.3 Å². The summed E-state index contributed by atoms with van der Waals surface area (Å²) < 4.78 is 0. The van der Waals surface area contributed by atoms with E-state index in [1.165, 1.54) is 5.56 Å². The van der Waals surface area contributed by atoms with E-state index in [-0.39, 0.29) is 11.8 Å². The van der Waals surface area contributed by atoms with Crippen molar-refractivity contribution in [1.29, 1.82) is 0 Å². The van der Waals surface area contributed by atoms with Gasteiger partial charge in [0.15, 0.2) is 0 Å². The molecule has 1 N–H and O–H groups in total. The van der Waals surface area contributed by atoms with Gasteiger partial charge in [-0.25, -0.2) is 0 Å². The van der Waals surface area contributed by atoms with Gasteiger partial charge < -0.3 is 9.80 Å². The van der Waals surface area contributed by atoms with Crippen molar-refractivity contribution in [2.75, 3.05) is 47.3 Å². The smallest absolute Gasteiger partial charge is 0.227 e. The second kappa shape index (κ2) is 7.80. The second-order valence-corrected chi connectivity index (χ2v) is 7.06. The number of nitrogens with one attached hydrogen (secondary N) is 1. The lowest BCUT2D eigenvalue weighted by molar-refractivity contribution is -0.133. The first-order chi connectivity index (χ1) is 12.0. The maximum Gasteiger partial charge on any atom is 0.227 e. The summed E-state index contributed by atoms with van der Waals surface area (Å²) in [5.74, 6) is 0.212. The maximum atomic E-state index is 12.5. The van der Waals surface area contributed by atoms with Gasteiger partial charge in [0.2, 0.25) is 5.91 Å². The molecule has 0 aliphatic carbocycles. The van der Waals surface area contributed by atoms with Gasteiger partial charge in [0.1, 0.15) is 0 Å². The zero-order chi connectivity index (χ0) is 17.8. The van der Waals surface area contributed by atoms with Crippen LogP contribution >= 0.6 is 0 Å². The van der Waals surface area contributed by atoms with Crippen LogP contribution < -0.4 is 0 Å². The molecule has 1 aromatic heterocycles. The number of likely N-dealkylation sites (N-methyl/N-ethyl adjacent to an activating group) is 1. The Balaban J connectivity index is 1.76. The highest BCUT2D eigenvalue weighted by Gasteiger charge is 2.28. The van der Waals surface area contributed by atoms with Crippen molar-refractivity contribution < 1.29 is 4.79 Å². The highest BCUT2D eigenvalue weighted by atomic mass is 16.2. The second-order valence-electron chi connectivity index (χ2n) is 7.06. The SMILES string of the molecule is CN1CCN(Cc2cn[nH]c2-c2ccccc2)C[C@@H](C(=O)N(C)C)C1. The number of benzene rings is 1. The molecule has 6 nitrogen and oxygen atoms in total. The molecule has 1 aliphatic heterocycles. The Morgan fingerprint density at radius 1 is 1.24 bits per heavy atom. The molecular weight excluding hydrogens is 314 g/mol. The minimum Gasteiger partial charge on any atom is -0.348 e. The van der Waals surface area contributed by atoms with Crippen LogP contribution in [0.1, 0.15) is 5.56 Å². The van der Waals surface area contributed by atoms with Crippen molar-refractivity contribution in [2.24, 2.45) is 5.92 Å². The highest BCUT2D eigenvalue weighted by molar-refractivity contribution is 5.78. The topological polar surface area (TPSA) is 55.5 Å². The summed E-state index contributed by atoms with van der Waals surface area (Å²) in [5, 5.41) is 7.37. The van der Waals surface area contributed by atoms with Crippen molar-refractivity contribution in [1.82, 2.24) is 24.9 Å². The summed E-state index contributed by atoms with van der Waals surface area (Å²) in [6, 6.07) is 10.3. The Morgan fingerprint density at radius 3 is 2.72 bits per heavy atom. The van der Waals surface area contributed by atoms with Crippen molar-refractivity contribution >= 4 is 5.91 Å². The van der Waals surface area contributed by atoms with E-state index in [1.807, 2.05) is 38.5 Å². The molecule has 1 fully saturated rings. The lowest BCUT2D eigenvalue weighted by Crippen LogP contribution is -2.40. The third kappa shape index (κ3) is 4.27. The molecule has 0 unspecified atom stereocenters. The molecule has 134 valence electrons. The first-order valence-electron chi connectivity index (χ1n) is 8.74. The van der Waals surface area contributed by atoms with E-state index in [1.54, 1.807) is 4.90 Å². The lowest BCUT2D eigenvalue weighted by atomic mass is 10.1. The molecule has 6 heteroatoms. The zero-order valence-corrected chi connectivity index (χ0v) is 15.3. The third-order valence-corrected chi connectivity index (χ3v) is 4.77. The number of carbonyl (C=O) groups is 1. The van der Waals surface area contributed by atoms with Gasteiger partial charge in [0, 0.05) is 52.4 Å². The van der Waals surface area contributed by atoms with Crippen molar-refractivity contribution in [3.05, 3.63) is 42.1 Å². The zero-order valence-electron chi connectivity index (χ0n) is 15.3. The Bertz CT molecular complexity index is 697. The number of hydrogen-bond donors (Lipinski definition) is 1. The van der Waals surface area contributed by atoms with Crippen LogP contribution in [0.25, 0.3) is 11.3 Å². The number of hydrogen-bond acceptors (Lipinski definition) is 4. The van der Waals surface area contributed by atoms with E-state index in [2.05, 4.69) is 39.2 Å². The highest BCUT2D eigenvalue weighted by Crippen LogP contribution is 2.23. The van der Waals surface area contributed by atoms with Gasteiger partial charge in [-0.05, 0) is 12.6 Å². The molecule has 1 atom stereocenters. The van der Waals surface area contributed by atoms with Gasteiger partial charge in [-0.3, -0.25) is 14.8 Å². The molecule has 1 saturated heterocycles. The molecule has 0 saturated carbocycles. The van der Waals surface area contributed by atoms with Crippen LogP contribution in [-0.2, 0) is 11.3 Å². The molecule has 1 aromatic carbocycles. The average Bonchev–Trinajstić information content (AvgIpc) is 2.98. The molecule has 25 heavy (non-hydrogen) atoms. The quantitative estimate of drug-likeness (QED) is 0.916. The van der Waals surface area contributed by atoms with Gasteiger partial charge in [0.05, 0.1) is 17.8 Å². The minimum absolute atomic E-state index is 0.00887. The molecule has 2 heterocycles. The van der Waals surface area contributed by atoms with E-state index >= 15 is 0 Å². The molecule has 0 bridgehead atoms. The van der Waals surface area contributed by atoms with Gasteiger partial charge >= 0.3 is 0 Å². The van der Waals surface area contributed by atoms with Gasteiger partial charge in [-0.2, -0.15) is 5.10 Å². The summed E-state index contributed by atoms with van der Waals surface area (Å²) in [7, 11) is 5.76. The standard InChI is InChI=1S/C19H27N5O/c1-22(2)19(25)17-12-23(3)9-10-24(14-17)13-16-11-20-21-18(16)15-7-5-4-6-8-15/h4-8,11,17H,9-10,12-14H2,1-3H3,(H,20,21)/t17-/m0/s1. The number of amides is 1. The normalized spacial score (nSPS) is 19.6. The fourth-order valence-electron chi connectivity index (χ4n) is 3.43. The Hall–Kier alpha value is -2.18. The maximum absolute atomic E-state index is 12.5. The van der Waals surface area contributed by atoms with Crippen molar-refractivity contribution in [2.45, 2.75) is 6.54 Å². The molecule has 1 amide bonds. The molecule has 0 radical (unpaired) electrons. The van der Waals surface area contributed by atoms with Crippen LogP contribution in [0, 0.1) is 5.92 Å². The first-order valence-corrected chi connectivity index (χ1v) is 8.74. The predicted octanol–water partition coefficient (Wildman–Crippen LogP) is 1.53. The number of aromatic nitrogens is 2. The van der Waals surface area contributed by atoms with Crippen LogP contribution in [0.2, 0.25) is 0 Å². The van der Waals surface area contributed by atoms with Gasteiger partial charge in [-0.15, -0.1) is 0 Å². The summed E-state index contributed by atoms with van der Waals surface area (Å²) in [6.07, 6.45) is 1.90. The van der Waals surface area contributed by atoms with Crippen molar-refractivity contribution in [3.63, 3.8) is 0 Å². The van der Waals surface area contributed by atoms with Crippen LogP contribution in [0.5, 0.6) is 0 Å². The fraction of sp³-hybridized carbons (Fsp3) is 0.474. The van der Waals surface area contributed by atoms with Crippen LogP contribution in [0.15, 0.2) is 36.5 Å². The third-order valence-electron chi connectivity index (χ3n) is 4.77. The predicted molar refractivity (Wildman–Crippen MR) is 99.0 cm³/mol. The summed E-state index contributed by atoms with van der Waals surface area (Å²) in [5.41, 5.74) is 3.38. The van der Waals surface area contributed by atoms with Crippen LogP contribution in [0.4, 0.5) is 0 Å². The Morgan fingerprint density at radius 2 is 2.00 bits per heavy atom.